The topological polar surface area (TPSA) is 12.0 Å². The van der Waals surface area contributed by atoms with Gasteiger partial charge in [0, 0.05) is 10.9 Å². The fraction of sp³-hybridized carbons (Fsp3) is 0.444. The van der Waals surface area contributed by atoms with Crippen LogP contribution in [0.1, 0.15) is 47.0 Å². The first-order valence-corrected chi connectivity index (χ1v) is 8.39. The minimum atomic E-state index is 0.440. The van der Waals surface area contributed by atoms with Crippen molar-refractivity contribution in [1.82, 2.24) is 5.32 Å². The highest BCUT2D eigenvalue weighted by atomic mass is 32.1. The van der Waals surface area contributed by atoms with E-state index in [9.17, 15) is 0 Å². The maximum absolute atomic E-state index is 3.67. The molecule has 0 aliphatic heterocycles. The summed E-state index contributed by atoms with van der Waals surface area (Å²) in [7, 11) is 0. The number of likely N-dealkylation sites (N-methyl/N-ethyl adjacent to an activating group) is 1. The molecule has 0 saturated carbocycles. The molecule has 108 valence electrons. The van der Waals surface area contributed by atoms with Crippen molar-refractivity contribution in [2.45, 2.75) is 46.6 Å². The van der Waals surface area contributed by atoms with Crippen molar-refractivity contribution in [2.24, 2.45) is 0 Å². The van der Waals surface area contributed by atoms with Crippen LogP contribution in [0, 0.1) is 13.8 Å². The Morgan fingerprint density at radius 3 is 2.60 bits per heavy atom. The van der Waals surface area contributed by atoms with Crippen molar-refractivity contribution in [3.8, 4) is 0 Å². The fourth-order valence-corrected chi connectivity index (χ4v) is 3.76. The molecule has 2 rings (SSSR count). The second kappa shape index (κ2) is 7.05. The van der Waals surface area contributed by atoms with E-state index in [1.165, 1.54) is 27.1 Å². The van der Waals surface area contributed by atoms with E-state index >= 15 is 0 Å². The average Bonchev–Trinajstić information content (AvgIpc) is 2.90. The van der Waals surface area contributed by atoms with Gasteiger partial charge >= 0.3 is 0 Å². The Hall–Kier alpha value is -1.12. The molecule has 0 saturated heterocycles. The molecule has 0 spiro atoms. The summed E-state index contributed by atoms with van der Waals surface area (Å²) in [4.78, 5) is 1.51. The van der Waals surface area contributed by atoms with Crippen molar-refractivity contribution in [3.63, 3.8) is 0 Å². The van der Waals surface area contributed by atoms with Gasteiger partial charge in [0.15, 0.2) is 0 Å². The van der Waals surface area contributed by atoms with Gasteiger partial charge in [-0.3, -0.25) is 0 Å². The first-order valence-electron chi connectivity index (χ1n) is 7.51. The standard InChI is InChI=1S/C18H25NS/c1-5-15-9-10-20-18(15)17(19-6-2)12-16-11-13(3)7-8-14(16)4/h7-11,17,19H,5-6,12H2,1-4H3. The molecule has 0 radical (unpaired) electrons. The monoisotopic (exact) mass is 287 g/mol. The lowest BCUT2D eigenvalue weighted by atomic mass is 9.96. The van der Waals surface area contributed by atoms with Gasteiger partial charge < -0.3 is 5.32 Å². The molecule has 0 amide bonds. The quantitative estimate of drug-likeness (QED) is 0.803. The highest BCUT2D eigenvalue weighted by Crippen LogP contribution is 2.29. The first kappa shape index (κ1) is 15.3. The zero-order chi connectivity index (χ0) is 14.5. The third kappa shape index (κ3) is 3.50. The molecule has 20 heavy (non-hydrogen) atoms. The van der Waals surface area contributed by atoms with E-state index in [0.29, 0.717) is 6.04 Å². The number of nitrogens with one attached hydrogen (secondary N) is 1. The predicted octanol–water partition coefficient (Wildman–Crippen LogP) is 4.82. The van der Waals surface area contributed by atoms with Gasteiger partial charge in [-0.1, -0.05) is 37.6 Å². The minimum Gasteiger partial charge on any atom is -0.309 e. The highest BCUT2D eigenvalue weighted by molar-refractivity contribution is 7.10. The number of rotatable bonds is 6. The van der Waals surface area contributed by atoms with Crippen molar-refractivity contribution in [1.29, 1.82) is 0 Å². The van der Waals surface area contributed by atoms with Crippen LogP contribution in [0.2, 0.25) is 0 Å². The lowest BCUT2D eigenvalue weighted by Gasteiger charge is -2.20. The van der Waals surface area contributed by atoms with E-state index in [-0.39, 0.29) is 0 Å². The first-order chi connectivity index (χ1) is 9.65. The summed E-state index contributed by atoms with van der Waals surface area (Å²) in [6.07, 6.45) is 2.20. The molecule has 1 unspecified atom stereocenters. The zero-order valence-electron chi connectivity index (χ0n) is 13.0. The molecular formula is C18H25NS. The van der Waals surface area contributed by atoms with Gasteiger partial charge in [0.25, 0.3) is 0 Å². The summed E-state index contributed by atoms with van der Waals surface area (Å²) in [6, 6.07) is 9.48. The van der Waals surface area contributed by atoms with Gasteiger partial charge in [-0.05, 0) is 61.4 Å². The number of hydrogen-bond acceptors (Lipinski definition) is 2. The third-order valence-corrected chi connectivity index (χ3v) is 4.93. The predicted molar refractivity (Wildman–Crippen MR) is 89.7 cm³/mol. The van der Waals surface area contributed by atoms with Crippen LogP contribution < -0.4 is 5.32 Å². The Bertz CT molecular complexity index is 556. The van der Waals surface area contributed by atoms with Crippen LogP contribution in [-0.2, 0) is 12.8 Å². The Balaban J connectivity index is 2.27. The molecule has 2 aromatic rings. The number of hydrogen-bond donors (Lipinski definition) is 1. The molecule has 1 aromatic carbocycles. The number of thiophene rings is 1. The lowest BCUT2D eigenvalue weighted by molar-refractivity contribution is 0.553. The van der Waals surface area contributed by atoms with E-state index in [1.54, 1.807) is 0 Å². The molecule has 0 aliphatic carbocycles. The van der Waals surface area contributed by atoms with E-state index in [2.05, 4.69) is 62.7 Å². The lowest BCUT2D eigenvalue weighted by Crippen LogP contribution is -2.23. The molecule has 0 aliphatic rings. The van der Waals surface area contributed by atoms with Crippen molar-refractivity contribution in [3.05, 3.63) is 56.8 Å². The van der Waals surface area contributed by atoms with Crippen molar-refractivity contribution < 1.29 is 0 Å². The summed E-state index contributed by atoms with van der Waals surface area (Å²) >= 11 is 1.89. The molecule has 0 fully saturated rings. The summed E-state index contributed by atoms with van der Waals surface area (Å²) in [5.74, 6) is 0. The van der Waals surface area contributed by atoms with Crippen LogP contribution >= 0.6 is 11.3 Å². The zero-order valence-corrected chi connectivity index (χ0v) is 13.8. The summed E-state index contributed by atoms with van der Waals surface area (Å²) in [5.41, 5.74) is 5.70. The SMILES string of the molecule is CCNC(Cc1cc(C)ccc1C)c1sccc1CC. The van der Waals surface area contributed by atoms with E-state index in [1.807, 2.05) is 11.3 Å². The average molecular weight is 287 g/mol. The second-order valence-electron chi connectivity index (χ2n) is 5.41. The van der Waals surface area contributed by atoms with E-state index in [0.717, 1.165) is 19.4 Å². The molecule has 1 aromatic heterocycles. The Morgan fingerprint density at radius 1 is 1.10 bits per heavy atom. The van der Waals surface area contributed by atoms with E-state index < -0.39 is 0 Å². The largest absolute Gasteiger partial charge is 0.309 e. The van der Waals surface area contributed by atoms with Crippen LogP contribution in [-0.4, -0.2) is 6.54 Å². The van der Waals surface area contributed by atoms with Crippen molar-refractivity contribution >= 4 is 11.3 Å². The minimum absolute atomic E-state index is 0.440. The molecule has 1 N–H and O–H groups in total. The van der Waals surface area contributed by atoms with Crippen LogP contribution in [0.5, 0.6) is 0 Å². The Morgan fingerprint density at radius 2 is 1.90 bits per heavy atom. The summed E-state index contributed by atoms with van der Waals surface area (Å²) in [6.45, 7) is 9.83. The molecule has 0 bridgehead atoms. The maximum Gasteiger partial charge on any atom is 0.0458 e. The third-order valence-electron chi connectivity index (χ3n) is 3.86. The van der Waals surface area contributed by atoms with Crippen LogP contribution in [0.3, 0.4) is 0 Å². The van der Waals surface area contributed by atoms with Gasteiger partial charge in [-0.15, -0.1) is 11.3 Å². The Labute approximate surface area is 127 Å². The smallest absolute Gasteiger partial charge is 0.0458 e. The highest BCUT2D eigenvalue weighted by Gasteiger charge is 2.16. The van der Waals surface area contributed by atoms with Gasteiger partial charge in [0.2, 0.25) is 0 Å². The number of benzene rings is 1. The van der Waals surface area contributed by atoms with Crippen LogP contribution in [0.25, 0.3) is 0 Å². The molecule has 1 atom stereocenters. The van der Waals surface area contributed by atoms with Gasteiger partial charge in [0.1, 0.15) is 0 Å². The molecule has 1 heterocycles. The normalized spacial score (nSPS) is 12.6. The second-order valence-corrected chi connectivity index (χ2v) is 6.36. The van der Waals surface area contributed by atoms with Gasteiger partial charge in [0.05, 0.1) is 0 Å². The molecule has 1 nitrogen and oxygen atoms in total. The summed E-state index contributed by atoms with van der Waals surface area (Å²) < 4.78 is 0. The fourth-order valence-electron chi connectivity index (χ4n) is 2.69. The summed E-state index contributed by atoms with van der Waals surface area (Å²) in [5, 5.41) is 5.89. The van der Waals surface area contributed by atoms with Crippen LogP contribution in [0.15, 0.2) is 29.6 Å². The molecular weight excluding hydrogens is 262 g/mol. The maximum atomic E-state index is 3.67. The Kier molecular flexibility index (Phi) is 5.38. The number of aryl methyl sites for hydroxylation is 3. The van der Waals surface area contributed by atoms with Gasteiger partial charge in [-0.25, -0.2) is 0 Å². The van der Waals surface area contributed by atoms with Gasteiger partial charge in [-0.2, -0.15) is 0 Å². The van der Waals surface area contributed by atoms with Crippen molar-refractivity contribution in [2.75, 3.05) is 6.54 Å². The van der Waals surface area contributed by atoms with E-state index in [4.69, 9.17) is 0 Å². The van der Waals surface area contributed by atoms with Crippen LogP contribution in [0.4, 0.5) is 0 Å². The molecule has 2 heteroatoms.